The fourth-order valence-electron chi connectivity index (χ4n) is 4.21. The first-order valence-corrected chi connectivity index (χ1v) is 11.0. The number of hydrogen-bond donors (Lipinski definition) is 3. The zero-order chi connectivity index (χ0) is 22.4. The largest absolute Gasteiger partial charge is 0.494 e. The highest BCUT2D eigenvalue weighted by Gasteiger charge is 2.43. The van der Waals surface area contributed by atoms with Crippen LogP contribution in [0.3, 0.4) is 0 Å². The number of rotatable bonds is 7. The maximum absolute atomic E-state index is 8.04. The van der Waals surface area contributed by atoms with E-state index in [0.29, 0.717) is 10.9 Å². The molecule has 1 aromatic rings. The fraction of sp³-hybridized carbons (Fsp3) is 0.500. The van der Waals surface area contributed by atoms with Crippen LogP contribution in [0.4, 0.5) is 5.69 Å². The van der Waals surface area contributed by atoms with Gasteiger partial charge in [0.05, 0.1) is 17.3 Å². The number of hydrazone groups is 1. The van der Waals surface area contributed by atoms with Crippen LogP contribution in [0.5, 0.6) is 5.75 Å². The summed E-state index contributed by atoms with van der Waals surface area (Å²) in [6, 6.07) is 7.61. The third kappa shape index (κ3) is 6.45. The minimum Gasteiger partial charge on any atom is -0.494 e. The Morgan fingerprint density at radius 3 is 2.65 bits per heavy atom. The van der Waals surface area contributed by atoms with Gasteiger partial charge in [0.2, 0.25) is 5.96 Å². The van der Waals surface area contributed by atoms with E-state index < -0.39 is 0 Å². The number of hydrazine groups is 1. The number of benzene rings is 1. The van der Waals surface area contributed by atoms with Crippen molar-refractivity contribution in [2.75, 3.05) is 24.7 Å². The summed E-state index contributed by atoms with van der Waals surface area (Å²) in [6.45, 7) is 7.80. The minimum atomic E-state index is 0.273. The van der Waals surface area contributed by atoms with E-state index >= 15 is 0 Å². The SMILES string of the molecule is C=C(Cl)/C=N\C(=N)N1CCC(C2CC2CCOc2ccc(N(N)/C(C)=N\N)cc2)CC1. The maximum atomic E-state index is 8.04. The molecule has 1 aliphatic carbocycles. The van der Waals surface area contributed by atoms with Crippen LogP contribution in [0.25, 0.3) is 0 Å². The second-order valence-corrected chi connectivity index (χ2v) is 8.68. The van der Waals surface area contributed by atoms with E-state index in [2.05, 4.69) is 16.7 Å². The molecule has 0 spiro atoms. The maximum Gasteiger partial charge on any atom is 0.217 e. The lowest BCUT2D eigenvalue weighted by Crippen LogP contribution is -2.37. The normalized spacial score (nSPS) is 21.9. The molecular weight excluding hydrogens is 414 g/mol. The van der Waals surface area contributed by atoms with Gasteiger partial charge >= 0.3 is 0 Å². The number of likely N-dealkylation sites (tertiary alicyclic amines) is 1. The van der Waals surface area contributed by atoms with Crippen molar-refractivity contribution >= 4 is 35.3 Å². The number of ether oxygens (including phenoxy) is 1. The van der Waals surface area contributed by atoms with Gasteiger partial charge in [-0.2, -0.15) is 5.10 Å². The number of aliphatic imine (C=N–C) groups is 1. The molecule has 3 rings (SSSR count). The second kappa shape index (κ2) is 10.6. The number of anilines is 1. The Hall–Kier alpha value is -2.58. The average Bonchev–Trinajstić information content (AvgIpc) is 3.56. The number of piperidine rings is 1. The fourth-order valence-corrected chi connectivity index (χ4v) is 4.26. The van der Waals surface area contributed by atoms with Gasteiger partial charge in [0.25, 0.3) is 0 Å². The van der Waals surface area contributed by atoms with Crippen molar-refractivity contribution in [3.63, 3.8) is 0 Å². The van der Waals surface area contributed by atoms with Gasteiger partial charge < -0.3 is 15.5 Å². The zero-order valence-electron chi connectivity index (χ0n) is 18.0. The van der Waals surface area contributed by atoms with Crippen LogP contribution in [0, 0.1) is 23.2 Å². The number of nitrogens with two attached hydrogens (primary N) is 2. The van der Waals surface area contributed by atoms with Crippen LogP contribution in [-0.2, 0) is 0 Å². The average molecular weight is 446 g/mol. The highest BCUT2D eigenvalue weighted by Crippen LogP contribution is 2.49. The molecule has 2 unspecified atom stereocenters. The Morgan fingerprint density at radius 2 is 2.03 bits per heavy atom. The van der Waals surface area contributed by atoms with E-state index in [1.54, 1.807) is 6.92 Å². The quantitative estimate of drug-likeness (QED) is 0.257. The molecule has 1 aliphatic heterocycles. The molecule has 31 heavy (non-hydrogen) atoms. The summed E-state index contributed by atoms with van der Waals surface area (Å²) < 4.78 is 5.92. The molecule has 5 N–H and O–H groups in total. The predicted octanol–water partition coefficient (Wildman–Crippen LogP) is 3.53. The number of nitrogens with zero attached hydrogens (tertiary/aromatic N) is 4. The van der Waals surface area contributed by atoms with E-state index in [-0.39, 0.29) is 5.96 Å². The third-order valence-corrected chi connectivity index (χ3v) is 6.25. The van der Waals surface area contributed by atoms with Gasteiger partial charge in [-0.1, -0.05) is 18.2 Å². The van der Waals surface area contributed by atoms with Gasteiger partial charge in [-0.15, -0.1) is 0 Å². The molecule has 1 saturated heterocycles. The summed E-state index contributed by atoms with van der Waals surface area (Å²) in [5.41, 5.74) is 0.805. The summed E-state index contributed by atoms with van der Waals surface area (Å²) in [5, 5.41) is 13.4. The monoisotopic (exact) mass is 445 g/mol. The lowest BCUT2D eigenvalue weighted by atomic mass is 9.90. The molecule has 0 aromatic heterocycles. The summed E-state index contributed by atoms with van der Waals surface area (Å²) >= 11 is 5.68. The van der Waals surface area contributed by atoms with Crippen molar-refractivity contribution in [1.82, 2.24) is 4.90 Å². The number of halogens is 1. The molecule has 0 bridgehead atoms. The first-order chi connectivity index (χ1) is 14.9. The van der Waals surface area contributed by atoms with E-state index in [4.69, 9.17) is 33.4 Å². The molecule has 0 radical (unpaired) electrons. The number of guanidine groups is 1. The molecular formula is C22H32ClN7O. The van der Waals surface area contributed by atoms with Gasteiger partial charge in [0.15, 0.2) is 0 Å². The van der Waals surface area contributed by atoms with Crippen molar-refractivity contribution in [2.45, 2.75) is 32.6 Å². The lowest BCUT2D eigenvalue weighted by molar-refractivity contribution is 0.229. The molecule has 1 heterocycles. The van der Waals surface area contributed by atoms with Crippen molar-refractivity contribution in [2.24, 2.45) is 39.5 Å². The van der Waals surface area contributed by atoms with Crippen LogP contribution < -0.4 is 21.4 Å². The van der Waals surface area contributed by atoms with Crippen molar-refractivity contribution in [3.8, 4) is 5.75 Å². The van der Waals surface area contributed by atoms with Crippen LogP contribution in [-0.4, -0.2) is 42.6 Å². The Bertz CT molecular complexity index is 831. The van der Waals surface area contributed by atoms with E-state index in [9.17, 15) is 0 Å². The Labute approximate surface area is 189 Å². The van der Waals surface area contributed by atoms with Gasteiger partial charge in [0, 0.05) is 19.3 Å². The molecule has 8 nitrogen and oxygen atoms in total. The molecule has 168 valence electrons. The summed E-state index contributed by atoms with van der Waals surface area (Å²) in [6.07, 6.45) is 6.03. The summed E-state index contributed by atoms with van der Waals surface area (Å²) in [4.78, 5) is 6.07. The number of allylic oxidation sites excluding steroid dienone is 1. The predicted molar refractivity (Wildman–Crippen MR) is 128 cm³/mol. The topological polar surface area (TPSA) is 116 Å². The molecule has 2 atom stereocenters. The van der Waals surface area contributed by atoms with Crippen molar-refractivity contribution in [1.29, 1.82) is 5.41 Å². The second-order valence-electron chi connectivity index (χ2n) is 8.19. The lowest BCUT2D eigenvalue weighted by Gasteiger charge is -2.32. The molecule has 1 saturated carbocycles. The molecule has 0 amide bonds. The van der Waals surface area contributed by atoms with Crippen LogP contribution in [0.1, 0.15) is 32.6 Å². The first-order valence-electron chi connectivity index (χ1n) is 10.6. The van der Waals surface area contributed by atoms with Crippen LogP contribution in [0.15, 0.2) is 46.0 Å². The molecule has 2 aliphatic rings. The van der Waals surface area contributed by atoms with Crippen molar-refractivity contribution < 1.29 is 4.74 Å². The molecule has 1 aromatic carbocycles. The van der Waals surface area contributed by atoms with Gasteiger partial charge in [0.1, 0.15) is 11.6 Å². The molecule has 9 heteroatoms. The molecule has 2 fully saturated rings. The summed E-state index contributed by atoms with van der Waals surface area (Å²) in [5.74, 6) is 15.1. The first kappa shape index (κ1) is 23.1. The Balaban J connectivity index is 1.35. The van der Waals surface area contributed by atoms with Gasteiger partial charge in [-0.05, 0) is 74.6 Å². The minimum absolute atomic E-state index is 0.273. The van der Waals surface area contributed by atoms with Crippen LogP contribution >= 0.6 is 11.6 Å². The standard InChI is InChI=1S/C22H32ClN7O/c1-15(23)14-27-22(24)29-10-7-17(8-11-29)21-13-18(21)9-12-31-20-5-3-19(4-6-20)30(26)16(2)28-25/h3-6,14,17-18,21,24H,1,7-13,25-26H2,2H3/b24-22?,27-14-,28-16-. The highest BCUT2D eigenvalue weighted by molar-refractivity contribution is 6.39. The van der Waals surface area contributed by atoms with Crippen molar-refractivity contribution in [3.05, 3.63) is 35.9 Å². The zero-order valence-corrected chi connectivity index (χ0v) is 18.8. The summed E-state index contributed by atoms with van der Waals surface area (Å²) in [7, 11) is 0. The number of amidine groups is 1. The number of nitrogens with one attached hydrogen (secondary N) is 1. The van der Waals surface area contributed by atoms with E-state index in [1.165, 1.54) is 17.6 Å². The Kier molecular flexibility index (Phi) is 7.92. The van der Waals surface area contributed by atoms with Crippen LogP contribution in [0.2, 0.25) is 0 Å². The highest BCUT2D eigenvalue weighted by atomic mass is 35.5. The van der Waals surface area contributed by atoms with Gasteiger partial charge in [-0.25, -0.2) is 10.8 Å². The Morgan fingerprint density at radius 1 is 1.35 bits per heavy atom. The van der Waals surface area contributed by atoms with Gasteiger partial charge in [-0.3, -0.25) is 10.4 Å². The van der Waals surface area contributed by atoms with E-state index in [1.807, 2.05) is 29.2 Å². The third-order valence-electron chi connectivity index (χ3n) is 6.16. The smallest absolute Gasteiger partial charge is 0.217 e. The number of hydrogen-bond acceptors (Lipinski definition) is 5. The van der Waals surface area contributed by atoms with E-state index in [0.717, 1.165) is 68.1 Å².